The number of carbonyl (C=O) groups excluding carboxylic acids is 1. The molecule has 8 heteroatoms. The zero-order valence-corrected chi connectivity index (χ0v) is 15.3. The molecule has 3 rings (SSSR count). The summed E-state index contributed by atoms with van der Waals surface area (Å²) in [6.07, 6.45) is 3.47. The second kappa shape index (κ2) is 8.12. The average molecular weight is 388 g/mol. The molecule has 132 valence electrons. The van der Waals surface area contributed by atoms with Crippen molar-refractivity contribution < 1.29 is 4.79 Å². The number of aromatic nitrogens is 3. The van der Waals surface area contributed by atoms with Crippen molar-refractivity contribution in [1.82, 2.24) is 15.0 Å². The van der Waals surface area contributed by atoms with Gasteiger partial charge in [0.15, 0.2) is 0 Å². The molecule has 0 aliphatic carbocycles. The monoisotopic (exact) mass is 387 g/mol. The molecule has 2 N–H and O–H groups in total. The van der Waals surface area contributed by atoms with Crippen LogP contribution in [-0.2, 0) is 6.54 Å². The SMILES string of the molecule is Cc1nc(NCc2cccnc2)cc(C(=O)Nc2ccc(Cl)c(Cl)c2)n1. The number of hydrogen-bond donors (Lipinski definition) is 2. The van der Waals surface area contributed by atoms with Gasteiger partial charge >= 0.3 is 0 Å². The molecule has 0 spiro atoms. The Balaban J connectivity index is 1.73. The van der Waals surface area contributed by atoms with E-state index in [2.05, 4.69) is 25.6 Å². The fourth-order valence-corrected chi connectivity index (χ4v) is 2.54. The van der Waals surface area contributed by atoms with Crippen molar-refractivity contribution in [2.45, 2.75) is 13.5 Å². The lowest BCUT2D eigenvalue weighted by Crippen LogP contribution is -2.16. The van der Waals surface area contributed by atoms with Crippen LogP contribution in [0.5, 0.6) is 0 Å². The quantitative estimate of drug-likeness (QED) is 0.679. The van der Waals surface area contributed by atoms with Gasteiger partial charge in [-0.1, -0.05) is 29.3 Å². The highest BCUT2D eigenvalue weighted by atomic mass is 35.5. The Kier molecular flexibility index (Phi) is 5.65. The smallest absolute Gasteiger partial charge is 0.274 e. The molecule has 0 aliphatic rings. The molecule has 0 fully saturated rings. The van der Waals surface area contributed by atoms with Crippen LogP contribution in [0.2, 0.25) is 10.0 Å². The van der Waals surface area contributed by atoms with Crippen LogP contribution in [-0.4, -0.2) is 20.9 Å². The van der Waals surface area contributed by atoms with E-state index < -0.39 is 0 Å². The predicted octanol–water partition coefficient (Wildman–Crippen LogP) is 4.35. The summed E-state index contributed by atoms with van der Waals surface area (Å²) >= 11 is 11.9. The summed E-state index contributed by atoms with van der Waals surface area (Å²) in [5.74, 6) is 0.680. The molecule has 2 aromatic heterocycles. The fourth-order valence-electron chi connectivity index (χ4n) is 2.24. The fraction of sp³-hybridized carbons (Fsp3) is 0.111. The summed E-state index contributed by atoms with van der Waals surface area (Å²) in [6, 6.07) is 10.3. The van der Waals surface area contributed by atoms with Crippen LogP contribution >= 0.6 is 23.2 Å². The van der Waals surface area contributed by atoms with Crippen molar-refractivity contribution in [3.05, 3.63) is 75.9 Å². The molecule has 1 aromatic carbocycles. The summed E-state index contributed by atoms with van der Waals surface area (Å²) in [7, 11) is 0. The molecule has 0 saturated carbocycles. The van der Waals surface area contributed by atoms with Gasteiger partial charge in [0, 0.05) is 30.7 Å². The molecule has 3 aromatic rings. The maximum Gasteiger partial charge on any atom is 0.274 e. The zero-order chi connectivity index (χ0) is 18.5. The minimum Gasteiger partial charge on any atom is -0.366 e. The largest absolute Gasteiger partial charge is 0.366 e. The van der Waals surface area contributed by atoms with Crippen LogP contribution in [0.3, 0.4) is 0 Å². The number of pyridine rings is 1. The van der Waals surface area contributed by atoms with Crippen LogP contribution in [0.25, 0.3) is 0 Å². The number of benzene rings is 1. The molecule has 0 aliphatic heterocycles. The van der Waals surface area contributed by atoms with Crippen molar-refractivity contribution in [1.29, 1.82) is 0 Å². The molecule has 1 amide bonds. The Bertz CT molecular complexity index is 934. The maximum atomic E-state index is 12.5. The number of rotatable bonds is 5. The number of carbonyl (C=O) groups is 1. The molecule has 0 unspecified atom stereocenters. The first-order valence-corrected chi connectivity index (χ1v) is 8.52. The lowest BCUT2D eigenvalue weighted by Gasteiger charge is -2.09. The van der Waals surface area contributed by atoms with Gasteiger partial charge in [0.25, 0.3) is 5.91 Å². The van der Waals surface area contributed by atoms with Gasteiger partial charge in [0.2, 0.25) is 0 Å². The number of anilines is 2. The number of nitrogens with one attached hydrogen (secondary N) is 2. The number of aryl methyl sites for hydroxylation is 1. The van der Waals surface area contributed by atoms with Crippen LogP contribution in [0, 0.1) is 6.92 Å². The summed E-state index contributed by atoms with van der Waals surface area (Å²) < 4.78 is 0. The Hall–Kier alpha value is -2.70. The van der Waals surface area contributed by atoms with Crippen LogP contribution in [0.4, 0.5) is 11.5 Å². The molecule has 26 heavy (non-hydrogen) atoms. The van der Waals surface area contributed by atoms with Crippen molar-refractivity contribution in [2.24, 2.45) is 0 Å². The van der Waals surface area contributed by atoms with Crippen molar-refractivity contribution in [3.8, 4) is 0 Å². The van der Waals surface area contributed by atoms with Gasteiger partial charge in [0.05, 0.1) is 10.0 Å². The molecule has 0 bridgehead atoms. The summed E-state index contributed by atoms with van der Waals surface area (Å²) in [4.78, 5) is 25.0. The van der Waals surface area contributed by atoms with Crippen LogP contribution < -0.4 is 10.6 Å². The first-order valence-electron chi connectivity index (χ1n) is 7.76. The van der Waals surface area contributed by atoms with Crippen LogP contribution in [0.15, 0.2) is 48.8 Å². The number of amides is 1. The predicted molar refractivity (Wildman–Crippen MR) is 103 cm³/mol. The van der Waals surface area contributed by atoms with E-state index in [1.807, 2.05) is 12.1 Å². The molecular formula is C18H15Cl2N5O. The minimum absolute atomic E-state index is 0.247. The third kappa shape index (κ3) is 4.68. The van der Waals surface area contributed by atoms with Gasteiger partial charge < -0.3 is 10.6 Å². The van der Waals surface area contributed by atoms with Gasteiger partial charge in [-0.2, -0.15) is 0 Å². The van der Waals surface area contributed by atoms with E-state index in [0.29, 0.717) is 33.9 Å². The Morgan fingerprint density at radius 3 is 2.69 bits per heavy atom. The molecule has 0 atom stereocenters. The second-order valence-corrected chi connectivity index (χ2v) is 6.30. The highest BCUT2D eigenvalue weighted by Crippen LogP contribution is 2.25. The van der Waals surface area contributed by atoms with E-state index in [1.54, 1.807) is 43.6 Å². The number of nitrogens with zero attached hydrogens (tertiary/aromatic N) is 3. The Morgan fingerprint density at radius 2 is 1.96 bits per heavy atom. The first-order chi connectivity index (χ1) is 12.5. The summed E-state index contributed by atoms with van der Waals surface area (Å²) in [5.41, 5.74) is 1.79. The highest BCUT2D eigenvalue weighted by Gasteiger charge is 2.12. The van der Waals surface area contributed by atoms with Gasteiger partial charge in [-0.25, -0.2) is 9.97 Å². The van der Waals surface area contributed by atoms with Crippen molar-refractivity contribution in [3.63, 3.8) is 0 Å². The lowest BCUT2D eigenvalue weighted by molar-refractivity contribution is 0.102. The van der Waals surface area contributed by atoms with E-state index >= 15 is 0 Å². The summed E-state index contributed by atoms with van der Waals surface area (Å²) in [6.45, 7) is 2.27. The first kappa shape index (κ1) is 18.1. The number of hydrogen-bond acceptors (Lipinski definition) is 5. The normalized spacial score (nSPS) is 10.4. The third-order valence-corrected chi connectivity index (χ3v) is 4.18. The molecule has 0 saturated heterocycles. The average Bonchev–Trinajstić information content (AvgIpc) is 2.63. The second-order valence-electron chi connectivity index (χ2n) is 5.48. The lowest BCUT2D eigenvalue weighted by atomic mass is 10.2. The summed E-state index contributed by atoms with van der Waals surface area (Å²) in [5, 5.41) is 6.70. The third-order valence-electron chi connectivity index (χ3n) is 3.44. The molecule has 6 nitrogen and oxygen atoms in total. The van der Waals surface area contributed by atoms with Gasteiger partial charge in [-0.15, -0.1) is 0 Å². The molecule has 2 heterocycles. The number of halogens is 2. The standard InChI is InChI=1S/C18H15Cl2N5O/c1-11-23-16(18(26)25-13-4-5-14(19)15(20)7-13)8-17(24-11)22-10-12-3-2-6-21-9-12/h2-9H,10H2,1H3,(H,25,26)(H,22,23,24). The maximum absolute atomic E-state index is 12.5. The Morgan fingerprint density at radius 1 is 1.12 bits per heavy atom. The van der Waals surface area contributed by atoms with E-state index in [4.69, 9.17) is 23.2 Å². The van der Waals surface area contributed by atoms with Gasteiger partial charge in [-0.3, -0.25) is 9.78 Å². The Labute approximate surface area is 160 Å². The zero-order valence-electron chi connectivity index (χ0n) is 13.8. The highest BCUT2D eigenvalue weighted by molar-refractivity contribution is 6.42. The van der Waals surface area contributed by atoms with Gasteiger partial charge in [0.1, 0.15) is 17.3 Å². The van der Waals surface area contributed by atoms with E-state index in [0.717, 1.165) is 5.56 Å². The van der Waals surface area contributed by atoms with E-state index in [1.165, 1.54) is 0 Å². The van der Waals surface area contributed by atoms with E-state index in [9.17, 15) is 4.79 Å². The van der Waals surface area contributed by atoms with Gasteiger partial charge in [-0.05, 0) is 36.8 Å². The molecular weight excluding hydrogens is 373 g/mol. The topological polar surface area (TPSA) is 79.8 Å². The van der Waals surface area contributed by atoms with Crippen LogP contribution in [0.1, 0.15) is 21.9 Å². The van der Waals surface area contributed by atoms with Crippen molar-refractivity contribution in [2.75, 3.05) is 10.6 Å². The van der Waals surface area contributed by atoms with E-state index in [-0.39, 0.29) is 11.6 Å². The minimum atomic E-state index is -0.363. The van der Waals surface area contributed by atoms with Crippen molar-refractivity contribution >= 4 is 40.6 Å². The molecule has 0 radical (unpaired) electrons.